The highest BCUT2D eigenvalue weighted by atomic mass is 32.2. The standard InChI is InChI=1S/C31H38N6O3S/c1-19-7-10-22(11-8-19)41(38,39)37-25-12-9-20(2)27(28(25)21(3)35-37)29-33-24-13-15-32-17-23(24)30(34-29)36-16-14-26(40-6)31(4,5)18-36/h7-12,26,32H,13-18H2,1-6H3. The molecule has 4 aromatic rings. The Morgan fingerprint density at radius 1 is 1.05 bits per heavy atom. The number of nitrogens with one attached hydrogen (secondary N) is 1. The molecule has 1 fully saturated rings. The van der Waals surface area contributed by atoms with Crippen molar-refractivity contribution in [2.45, 2.75) is 65.0 Å². The maximum absolute atomic E-state index is 13.7. The molecule has 41 heavy (non-hydrogen) atoms. The van der Waals surface area contributed by atoms with Crippen molar-refractivity contribution >= 4 is 26.7 Å². The van der Waals surface area contributed by atoms with E-state index in [1.54, 1.807) is 31.4 Å². The molecule has 0 aliphatic carbocycles. The number of nitrogens with zero attached hydrogens (tertiary/aromatic N) is 5. The molecule has 1 unspecified atom stereocenters. The minimum atomic E-state index is -3.90. The number of aromatic nitrogens is 4. The topological polar surface area (TPSA) is 102 Å². The van der Waals surface area contributed by atoms with Crippen LogP contribution in [-0.2, 0) is 27.7 Å². The van der Waals surface area contributed by atoms with Crippen molar-refractivity contribution in [1.82, 2.24) is 24.5 Å². The van der Waals surface area contributed by atoms with E-state index in [0.717, 1.165) is 82.3 Å². The van der Waals surface area contributed by atoms with E-state index < -0.39 is 10.0 Å². The van der Waals surface area contributed by atoms with Crippen LogP contribution in [-0.4, -0.2) is 60.4 Å². The Morgan fingerprint density at radius 3 is 2.51 bits per heavy atom. The van der Waals surface area contributed by atoms with Crippen molar-refractivity contribution in [2.75, 3.05) is 31.6 Å². The second-order valence-corrected chi connectivity index (χ2v) is 13.8. The second kappa shape index (κ2) is 10.2. The Labute approximate surface area is 242 Å². The number of hydrogen-bond donors (Lipinski definition) is 1. The summed E-state index contributed by atoms with van der Waals surface area (Å²) >= 11 is 0. The molecule has 1 saturated heterocycles. The van der Waals surface area contributed by atoms with Gasteiger partial charge < -0.3 is 15.0 Å². The van der Waals surface area contributed by atoms with Gasteiger partial charge in [0.15, 0.2) is 5.82 Å². The molecule has 0 saturated carbocycles. The monoisotopic (exact) mass is 574 g/mol. The van der Waals surface area contributed by atoms with E-state index >= 15 is 0 Å². The minimum Gasteiger partial charge on any atom is -0.381 e. The van der Waals surface area contributed by atoms with Crippen molar-refractivity contribution < 1.29 is 13.2 Å². The number of anilines is 1. The van der Waals surface area contributed by atoms with E-state index in [2.05, 4.69) is 29.2 Å². The van der Waals surface area contributed by atoms with Crippen LogP contribution >= 0.6 is 0 Å². The van der Waals surface area contributed by atoms with E-state index in [9.17, 15) is 8.42 Å². The van der Waals surface area contributed by atoms with Crippen molar-refractivity contribution in [3.63, 3.8) is 0 Å². The fourth-order valence-electron chi connectivity index (χ4n) is 6.40. The summed E-state index contributed by atoms with van der Waals surface area (Å²) in [6.07, 6.45) is 1.92. The largest absolute Gasteiger partial charge is 0.381 e. The van der Waals surface area contributed by atoms with Crippen LogP contribution in [0.1, 0.15) is 48.3 Å². The molecule has 0 spiro atoms. The molecule has 0 bridgehead atoms. The van der Waals surface area contributed by atoms with Gasteiger partial charge >= 0.3 is 0 Å². The average molecular weight is 575 g/mol. The Morgan fingerprint density at radius 2 is 1.80 bits per heavy atom. The molecule has 2 aromatic carbocycles. The van der Waals surface area contributed by atoms with E-state index in [-0.39, 0.29) is 16.4 Å². The Kier molecular flexibility index (Phi) is 6.91. The van der Waals surface area contributed by atoms with Crippen molar-refractivity contribution in [3.8, 4) is 11.4 Å². The average Bonchev–Trinajstić information content (AvgIpc) is 3.29. The molecule has 2 aromatic heterocycles. The number of methoxy groups -OCH3 is 1. The zero-order chi connectivity index (χ0) is 29.1. The molecule has 4 heterocycles. The van der Waals surface area contributed by atoms with Crippen LogP contribution in [0.25, 0.3) is 22.3 Å². The summed E-state index contributed by atoms with van der Waals surface area (Å²) in [6.45, 7) is 13.6. The summed E-state index contributed by atoms with van der Waals surface area (Å²) in [4.78, 5) is 12.9. The fourth-order valence-corrected chi connectivity index (χ4v) is 7.72. The third-order valence-corrected chi connectivity index (χ3v) is 10.2. The zero-order valence-electron chi connectivity index (χ0n) is 24.7. The van der Waals surface area contributed by atoms with Gasteiger partial charge in [-0.05, 0) is 51.0 Å². The van der Waals surface area contributed by atoms with Gasteiger partial charge in [-0.25, -0.2) is 9.97 Å². The van der Waals surface area contributed by atoms with E-state index in [4.69, 9.17) is 14.7 Å². The molecule has 0 amide bonds. The lowest BCUT2D eigenvalue weighted by atomic mass is 9.81. The maximum Gasteiger partial charge on any atom is 0.283 e. The molecular weight excluding hydrogens is 536 g/mol. The van der Waals surface area contributed by atoms with Gasteiger partial charge in [-0.1, -0.05) is 37.6 Å². The summed E-state index contributed by atoms with van der Waals surface area (Å²) in [5.74, 6) is 1.57. The first-order chi connectivity index (χ1) is 19.5. The van der Waals surface area contributed by atoms with Crippen LogP contribution < -0.4 is 10.2 Å². The van der Waals surface area contributed by atoms with Gasteiger partial charge in [-0.3, -0.25) is 0 Å². The normalized spacial score (nSPS) is 19.0. The lowest BCUT2D eigenvalue weighted by molar-refractivity contribution is -0.00647. The molecule has 1 N–H and O–H groups in total. The van der Waals surface area contributed by atoms with Crippen molar-refractivity contribution in [2.24, 2.45) is 5.41 Å². The van der Waals surface area contributed by atoms with Crippen LogP contribution in [0.5, 0.6) is 0 Å². The van der Waals surface area contributed by atoms with Gasteiger partial charge in [0.2, 0.25) is 0 Å². The van der Waals surface area contributed by atoms with Crippen molar-refractivity contribution in [1.29, 1.82) is 0 Å². The fraction of sp³-hybridized carbons (Fsp3) is 0.452. The Balaban J connectivity index is 1.53. The Hall–Kier alpha value is -3.34. The highest BCUT2D eigenvalue weighted by Crippen LogP contribution is 2.39. The molecule has 2 aliphatic heterocycles. The van der Waals surface area contributed by atoms with E-state index in [1.165, 1.54) is 0 Å². The molecule has 0 radical (unpaired) electrons. The smallest absolute Gasteiger partial charge is 0.283 e. The van der Waals surface area contributed by atoms with Crippen molar-refractivity contribution in [3.05, 3.63) is 64.5 Å². The van der Waals surface area contributed by atoms with Crippen LogP contribution in [0, 0.1) is 26.2 Å². The lowest BCUT2D eigenvalue weighted by Gasteiger charge is -2.44. The first kappa shape index (κ1) is 27.8. The summed E-state index contributed by atoms with van der Waals surface area (Å²) in [6, 6.07) is 10.6. The molecule has 216 valence electrons. The molecule has 6 rings (SSSR count). The summed E-state index contributed by atoms with van der Waals surface area (Å²) in [5.41, 5.74) is 6.11. The van der Waals surface area contributed by atoms with Crippen LogP contribution in [0.3, 0.4) is 0 Å². The minimum absolute atomic E-state index is 0.0366. The first-order valence-corrected chi connectivity index (χ1v) is 15.6. The number of ether oxygens (including phenoxy) is 1. The SMILES string of the molecule is COC1CCN(c2nc(-c3c(C)ccc4c3c(C)nn4S(=O)(=O)c3ccc(C)cc3)nc3c2CNCC3)CC1(C)C. The molecule has 10 heteroatoms. The summed E-state index contributed by atoms with van der Waals surface area (Å²) in [5, 5.41) is 8.82. The molecule has 2 aliphatic rings. The molecule has 9 nitrogen and oxygen atoms in total. The van der Waals surface area contributed by atoms with Gasteiger partial charge in [-0.15, -0.1) is 0 Å². The zero-order valence-corrected chi connectivity index (χ0v) is 25.5. The summed E-state index contributed by atoms with van der Waals surface area (Å²) < 4.78 is 34.4. The predicted octanol–water partition coefficient (Wildman–Crippen LogP) is 4.55. The number of piperidine rings is 1. The first-order valence-electron chi connectivity index (χ1n) is 14.2. The quantitative estimate of drug-likeness (QED) is 0.370. The number of rotatable bonds is 5. The highest BCUT2D eigenvalue weighted by Gasteiger charge is 2.38. The van der Waals surface area contributed by atoms with Gasteiger partial charge in [0.1, 0.15) is 5.82 Å². The summed E-state index contributed by atoms with van der Waals surface area (Å²) in [7, 11) is -2.10. The van der Waals surface area contributed by atoms with Gasteiger partial charge in [0, 0.05) is 61.6 Å². The van der Waals surface area contributed by atoms with Crippen LogP contribution in [0.15, 0.2) is 41.3 Å². The molecular formula is C31H38N6O3S. The number of fused-ring (bicyclic) bond motifs is 2. The van der Waals surface area contributed by atoms with E-state index in [1.807, 2.05) is 32.9 Å². The lowest BCUT2D eigenvalue weighted by Crippen LogP contribution is -2.50. The van der Waals surface area contributed by atoms with Crippen LogP contribution in [0.4, 0.5) is 5.82 Å². The number of benzene rings is 2. The third-order valence-electron chi connectivity index (χ3n) is 8.60. The Bertz CT molecular complexity index is 1740. The third kappa shape index (κ3) is 4.71. The second-order valence-electron chi connectivity index (χ2n) is 12.0. The maximum atomic E-state index is 13.7. The van der Waals surface area contributed by atoms with Crippen LogP contribution in [0.2, 0.25) is 0 Å². The van der Waals surface area contributed by atoms with E-state index in [0.29, 0.717) is 17.0 Å². The van der Waals surface area contributed by atoms with Gasteiger partial charge in [-0.2, -0.15) is 17.6 Å². The highest BCUT2D eigenvalue weighted by molar-refractivity contribution is 7.90. The van der Waals surface area contributed by atoms with Gasteiger partial charge in [0.05, 0.1) is 27.9 Å². The predicted molar refractivity (Wildman–Crippen MR) is 161 cm³/mol. The number of aryl methyl sites for hydroxylation is 3. The van der Waals surface area contributed by atoms with Gasteiger partial charge in [0.25, 0.3) is 10.0 Å². The number of hydrogen-bond acceptors (Lipinski definition) is 8. The molecule has 1 atom stereocenters.